The molecule has 1 N–H and O–H groups in total. The van der Waals surface area contributed by atoms with Gasteiger partial charge in [0, 0.05) is 31.8 Å². The molecule has 0 aromatic carbocycles. The Bertz CT molecular complexity index is 451. The van der Waals surface area contributed by atoms with Crippen LogP contribution in [0, 0.1) is 17.8 Å². The van der Waals surface area contributed by atoms with Crippen LogP contribution in [0.2, 0.25) is 0 Å². The first-order chi connectivity index (χ1) is 12.2. The Morgan fingerprint density at radius 2 is 1.88 bits per heavy atom. The molecule has 4 atom stereocenters. The Kier molecular flexibility index (Phi) is 9.36. The lowest BCUT2D eigenvalue weighted by atomic mass is 9.83. The van der Waals surface area contributed by atoms with Crippen LogP contribution in [0.4, 0.5) is 0 Å². The fourth-order valence-corrected chi connectivity index (χ4v) is 4.07. The third-order valence-electron chi connectivity index (χ3n) is 5.34. The number of unbranched alkanes of at least 4 members (excludes halogenated alkanes) is 5. The number of aliphatic carboxylic acids is 1. The summed E-state index contributed by atoms with van der Waals surface area (Å²) in [6.45, 7) is 2.90. The van der Waals surface area contributed by atoms with Gasteiger partial charge in [0.1, 0.15) is 0 Å². The van der Waals surface area contributed by atoms with E-state index in [1.165, 1.54) is 6.42 Å². The third-order valence-corrected chi connectivity index (χ3v) is 5.34. The number of carbonyl (C=O) groups is 1. The Labute approximate surface area is 152 Å². The molecule has 2 aliphatic rings. The topological polar surface area (TPSA) is 55.8 Å². The molecule has 0 spiro atoms. The molecular weight excluding hydrogens is 316 g/mol. The quantitative estimate of drug-likeness (QED) is 0.414. The van der Waals surface area contributed by atoms with Crippen LogP contribution in [0.1, 0.15) is 84.0 Å². The van der Waals surface area contributed by atoms with Gasteiger partial charge < -0.3 is 14.6 Å². The molecule has 0 aliphatic carbocycles. The molecule has 2 bridgehead atoms. The normalized spacial score (nSPS) is 27.2. The minimum atomic E-state index is -0.685. The highest BCUT2D eigenvalue weighted by molar-refractivity contribution is 5.66. The number of carboxylic acids is 1. The van der Waals surface area contributed by atoms with Gasteiger partial charge in [0.05, 0.1) is 18.3 Å². The maximum atomic E-state index is 10.5. The number of carboxylic acid groups (broad SMARTS) is 1. The maximum absolute atomic E-state index is 10.5. The molecule has 142 valence electrons. The van der Waals surface area contributed by atoms with Gasteiger partial charge in [-0.2, -0.15) is 0 Å². The SMILES string of the molecule is CCC#CCCCCOC1C2CCC(O2)C1CCCCCCC(=O)O. The van der Waals surface area contributed by atoms with Crippen LogP contribution in [-0.2, 0) is 14.3 Å². The summed E-state index contributed by atoms with van der Waals surface area (Å²) in [6, 6.07) is 0. The summed E-state index contributed by atoms with van der Waals surface area (Å²) in [4.78, 5) is 10.5. The van der Waals surface area contributed by atoms with Gasteiger partial charge in [-0.15, -0.1) is 11.8 Å². The molecule has 2 aliphatic heterocycles. The summed E-state index contributed by atoms with van der Waals surface area (Å²) >= 11 is 0. The van der Waals surface area contributed by atoms with Gasteiger partial charge in [-0.05, 0) is 38.5 Å². The van der Waals surface area contributed by atoms with E-state index in [1.807, 2.05) is 0 Å². The largest absolute Gasteiger partial charge is 0.481 e. The van der Waals surface area contributed by atoms with E-state index in [1.54, 1.807) is 0 Å². The molecule has 0 saturated carbocycles. The van der Waals surface area contributed by atoms with Crippen LogP contribution in [0.5, 0.6) is 0 Å². The van der Waals surface area contributed by atoms with E-state index in [9.17, 15) is 4.79 Å². The van der Waals surface area contributed by atoms with Gasteiger partial charge in [0.15, 0.2) is 0 Å². The summed E-state index contributed by atoms with van der Waals surface area (Å²) in [7, 11) is 0. The molecule has 4 heteroatoms. The van der Waals surface area contributed by atoms with Gasteiger partial charge in [0.25, 0.3) is 0 Å². The van der Waals surface area contributed by atoms with Crippen molar-refractivity contribution in [3.63, 3.8) is 0 Å². The summed E-state index contributed by atoms with van der Waals surface area (Å²) in [6.07, 6.45) is 12.9. The van der Waals surface area contributed by atoms with Crippen molar-refractivity contribution in [1.29, 1.82) is 0 Å². The lowest BCUT2D eigenvalue weighted by Gasteiger charge is -2.28. The zero-order valence-electron chi connectivity index (χ0n) is 15.7. The maximum Gasteiger partial charge on any atom is 0.303 e. The zero-order chi connectivity index (χ0) is 17.9. The fraction of sp³-hybridized carbons (Fsp3) is 0.857. The molecular formula is C21H34O4. The minimum absolute atomic E-state index is 0.277. The van der Waals surface area contributed by atoms with E-state index in [-0.39, 0.29) is 6.10 Å². The first-order valence-corrected chi connectivity index (χ1v) is 10.2. The Hall–Kier alpha value is -1.05. The molecule has 2 rings (SSSR count). The first kappa shape index (κ1) is 20.3. The average Bonchev–Trinajstić information content (AvgIpc) is 3.19. The van der Waals surface area contributed by atoms with E-state index in [2.05, 4.69) is 18.8 Å². The molecule has 4 unspecified atom stereocenters. The van der Waals surface area contributed by atoms with Crippen molar-refractivity contribution in [3.05, 3.63) is 0 Å². The van der Waals surface area contributed by atoms with Crippen LogP contribution >= 0.6 is 0 Å². The van der Waals surface area contributed by atoms with Crippen LogP contribution in [-0.4, -0.2) is 36.0 Å². The second kappa shape index (κ2) is 11.5. The molecule has 25 heavy (non-hydrogen) atoms. The number of rotatable bonds is 12. The smallest absolute Gasteiger partial charge is 0.303 e. The predicted molar refractivity (Wildman–Crippen MR) is 98.4 cm³/mol. The van der Waals surface area contributed by atoms with E-state index in [4.69, 9.17) is 14.6 Å². The summed E-state index contributed by atoms with van der Waals surface area (Å²) in [5.74, 6) is 6.15. The lowest BCUT2D eigenvalue weighted by Crippen LogP contribution is -2.35. The van der Waals surface area contributed by atoms with Crippen molar-refractivity contribution >= 4 is 5.97 Å². The summed E-state index contributed by atoms with van der Waals surface area (Å²) in [5, 5.41) is 8.67. The number of ether oxygens (including phenoxy) is 2. The van der Waals surface area contributed by atoms with Crippen molar-refractivity contribution < 1.29 is 19.4 Å². The standard InChI is InChI=1S/C21H34O4/c1-2-3-4-5-8-11-16-24-21-17(18-14-15-19(21)25-18)12-9-6-7-10-13-20(22)23/h17-19,21H,2,5-16H2,1H3,(H,22,23). The van der Waals surface area contributed by atoms with E-state index < -0.39 is 5.97 Å². The Balaban J connectivity index is 1.60. The van der Waals surface area contributed by atoms with Crippen molar-refractivity contribution in [2.75, 3.05) is 6.61 Å². The van der Waals surface area contributed by atoms with E-state index in [0.717, 1.165) is 70.8 Å². The molecule has 0 aromatic heterocycles. The minimum Gasteiger partial charge on any atom is -0.481 e. The Morgan fingerprint density at radius 3 is 2.68 bits per heavy atom. The number of hydrogen-bond donors (Lipinski definition) is 1. The van der Waals surface area contributed by atoms with Crippen molar-refractivity contribution in [3.8, 4) is 11.8 Å². The molecule has 2 fully saturated rings. The van der Waals surface area contributed by atoms with Crippen LogP contribution in [0.15, 0.2) is 0 Å². The second-order valence-corrected chi connectivity index (χ2v) is 7.30. The second-order valence-electron chi connectivity index (χ2n) is 7.30. The van der Waals surface area contributed by atoms with Gasteiger partial charge >= 0.3 is 5.97 Å². The zero-order valence-corrected chi connectivity index (χ0v) is 15.7. The highest BCUT2D eigenvalue weighted by atomic mass is 16.6. The van der Waals surface area contributed by atoms with Crippen LogP contribution < -0.4 is 0 Å². The molecule has 4 nitrogen and oxygen atoms in total. The van der Waals surface area contributed by atoms with Gasteiger partial charge in [-0.1, -0.05) is 26.2 Å². The first-order valence-electron chi connectivity index (χ1n) is 10.2. The number of fused-ring (bicyclic) bond motifs is 2. The molecule has 2 saturated heterocycles. The fourth-order valence-electron chi connectivity index (χ4n) is 4.07. The Morgan fingerprint density at radius 1 is 1.08 bits per heavy atom. The predicted octanol–water partition coefficient (Wildman–Crippen LogP) is 4.56. The number of hydrogen-bond acceptors (Lipinski definition) is 3. The highest BCUT2D eigenvalue weighted by Gasteiger charge is 2.48. The van der Waals surface area contributed by atoms with Crippen LogP contribution in [0.25, 0.3) is 0 Å². The third kappa shape index (κ3) is 6.99. The van der Waals surface area contributed by atoms with Crippen molar-refractivity contribution in [1.82, 2.24) is 0 Å². The summed E-state index contributed by atoms with van der Waals surface area (Å²) in [5.41, 5.74) is 0. The van der Waals surface area contributed by atoms with Crippen LogP contribution in [0.3, 0.4) is 0 Å². The average molecular weight is 350 g/mol. The molecule has 0 amide bonds. The van der Waals surface area contributed by atoms with Crippen molar-refractivity contribution in [2.45, 2.75) is 102 Å². The molecule has 2 heterocycles. The van der Waals surface area contributed by atoms with Gasteiger partial charge in [-0.25, -0.2) is 0 Å². The van der Waals surface area contributed by atoms with E-state index >= 15 is 0 Å². The molecule has 0 radical (unpaired) electrons. The van der Waals surface area contributed by atoms with E-state index in [0.29, 0.717) is 24.5 Å². The monoisotopic (exact) mass is 350 g/mol. The van der Waals surface area contributed by atoms with Crippen molar-refractivity contribution in [2.24, 2.45) is 5.92 Å². The van der Waals surface area contributed by atoms with Gasteiger partial charge in [0.2, 0.25) is 0 Å². The molecule has 0 aromatic rings. The summed E-state index contributed by atoms with van der Waals surface area (Å²) < 4.78 is 12.3. The lowest BCUT2D eigenvalue weighted by molar-refractivity contribution is -0.137. The highest BCUT2D eigenvalue weighted by Crippen LogP contribution is 2.43. The van der Waals surface area contributed by atoms with Gasteiger partial charge in [-0.3, -0.25) is 4.79 Å².